The monoisotopic (exact) mass is 272 g/mol. The van der Waals surface area contributed by atoms with E-state index in [9.17, 15) is 4.79 Å². The van der Waals surface area contributed by atoms with Crippen LogP contribution < -0.4 is 4.74 Å². The third-order valence-electron chi connectivity index (χ3n) is 1.54. The highest BCUT2D eigenvalue weighted by Gasteiger charge is 2.19. The first-order valence-electron chi connectivity index (χ1n) is 3.40. The van der Waals surface area contributed by atoms with Gasteiger partial charge >= 0.3 is 0 Å². The lowest BCUT2D eigenvalue weighted by Gasteiger charge is -2.08. The van der Waals surface area contributed by atoms with Crippen molar-refractivity contribution in [2.24, 2.45) is 0 Å². The van der Waals surface area contributed by atoms with Crippen molar-refractivity contribution in [3.8, 4) is 5.75 Å². The number of ether oxygens (including phenoxy) is 1. The van der Waals surface area contributed by atoms with E-state index in [1.165, 1.54) is 13.2 Å². The molecule has 1 aromatic carbocycles. The fraction of sp³-hybridized carbons (Fsp3) is 0.125. The Balaban J connectivity index is 3.49. The second-order valence-electron chi connectivity index (χ2n) is 2.34. The number of carbonyl (C=O) groups is 1. The van der Waals surface area contributed by atoms with Crippen molar-refractivity contribution in [1.29, 1.82) is 0 Å². The topological polar surface area (TPSA) is 26.3 Å². The van der Waals surface area contributed by atoms with E-state index < -0.39 is 5.24 Å². The molecule has 0 radical (unpaired) electrons. The summed E-state index contributed by atoms with van der Waals surface area (Å²) >= 11 is 22.6. The number of rotatable bonds is 2. The van der Waals surface area contributed by atoms with Crippen LogP contribution in [0.2, 0.25) is 15.1 Å². The Bertz CT molecular complexity index is 389. The molecule has 0 aliphatic rings. The van der Waals surface area contributed by atoms with Crippen LogP contribution in [-0.4, -0.2) is 12.4 Å². The average Bonchev–Trinajstić information content (AvgIpc) is 2.10. The number of carbonyl (C=O) groups excluding carboxylic acids is 1. The molecule has 0 spiro atoms. The lowest BCUT2D eigenvalue weighted by atomic mass is 10.2. The molecule has 0 aromatic heterocycles. The molecule has 0 saturated carbocycles. The van der Waals surface area contributed by atoms with Crippen LogP contribution in [0.4, 0.5) is 0 Å². The largest absolute Gasteiger partial charge is 0.495 e. The van der Waals surface area contributed by atoms with E-state index in [1.807, 2.05) is 0 Å². The smallest absolute Gasteiger partial charge is 0.255 e. The second-order valence-corrected chi connectivity index (χ2v) is 3.84. The molecule has 6 heteroatoms. The molecule has 76 valence electrons. The van der Waals surface area contributed by atoms with Crippen molar-refractivity contribution in [3.63, 3.8) is 0 Å². The lowest BCUT2D eigenvalue weighted by Crippen LogP contribution is -1.95. The van der Waals surface area contributed by atoms with Gasteiger partial charge in [-0.2, -0.15) is 0 Å². The van der Waals surface area contributed by atoms with Crippen LogP contribution in [-0.2, 0) is 0 Å². The van der Waals surface area contributed by atoms with Crippen LogP contribution in [0, 0.1) is 0 Å². The van der Waals surface area contributed by atoms with Crippen molar-refractivity contribution in [1.82, 2.24) is 0 Å². The molecule has 0 unspecified atom stereocenters. The Morgan fingerprint density at radius 1 is 1.29 bits per heavy atom. The van der Waals surface area contributed by atoms with Crippen molar-refractivity contribution >= 4 is 51.6 Å². The van der Waals surface area contributed by atoms with Gasteiger partial charge in [-0.05, 0) is 11.6 Å². The van der Waals surface area contributed by atoms with Gasteiger partial charge < -0.3 is 4.74 Å². The van der Waals surface area contributed by atoms with Crippen LogP contribution in [0.15, 0.2) is 6.07 Å². The normalized spacial score (nSPS) is 10.1. The first-order chi connectivity index (χ1) is 6.49. The van der Waals surface area contributed by atoms with Gasteiger partial charge in [0.25, 0.3) is 5.24 Å². The van der Waals surface area contributed by atoms with E-state index >= 15 is 0 Å². The zero-order valence-electron chi connectivity index (χ0n) is 6.91. The molecule has 0 N–H and O–H groups in total. The molecule has 1 aromatic rings. The molecule has 0 aliphatic heterocycles. The summed E-state index contributed by atoms with van der Waals surface area (Å²) in [6.45, 7) is 0. The Hall–Kier alpha value is -0.150. The van der Waals surface area contributed by atoms with Crippen LogP contribution in [0.5, 0.6) is 5.75 Å². The maximum absolute atomic E-state index is 10.9. The van der Waals surface area contributed by atoms with E-state index in [2.05, 4.69) is 0 Å². The summed E-state index contributed by atoms with van der Waals surface area (Å²) in [6, 6.07) is 1.38. The van der Waals surface area contributed by atoms with Gasteiger partial charge in [0.15, 0.2) is 0 Å². The van der Waals surface area contributed by atoms with Gasteiger partial charge in [-0.15, -0.1) is 0 Å². The molecule has 0 amide bonds. The average molecular weight is 274 g/mol. The molecule has 0 atom stereocenters. The quantitative estimate of drug-likeness (QED) is 0.601. The molecule has 0 heterocycles. The zero-order valence-corrected chi connectivity index (χ0v) is 9.93. The van der Waals surface area contributed by atoms with Gasteiger partial charge in [0.2, 0.25) is 0 Å². The number of methoxy groups -OCH3 is 1. The van der Waals surface area contributed by atoms with Gasteiger partial charge in [-0.1, -0.05) is 34.8 Å². The third kappa shape index (κ3) is 2.09. The molecule has 0 fully saturated rings. The van der Waals surface area contributed by atoms with Gasteiger partial charge in [0.1, 0.15) is 10.8 Å². The Morgan fingerprint density at radius 3 is 2.29 bits per heavy atom. The minimum absolute atomic E-state index is 0.00369. The Labute approximate surface area is 101 Å². The second kappa shape index (κ2) is 4.58. The summed E-state index contributed by atoms with van der Waals surface area (Å²) in [5.74, 6) is 0.295. The lowest BCUT2D eigenvalue weighted by molar-refractivity contribution is 0.108. The van der Waals surface area contributed by atoms with Gasteiger partial charge in [-0.25, -0.2) is 0 Å². The summed E-state index contributed by atoms with van der Waals surface area (Å²) in [6.07, 6.45) is 0. The molecule has 2 nitrogen and oxygen atoms in total. The zero-order chi connectivity index (χ0) is 10.9. The number of halogens is 4. The molecule has 1 rings (SSSR count). The summed E-state index contributed by atoms with van der Waals surface area (Å²) in [7, 11) is 1.41. The van der Waals surface area contributed by atoms with Crippen molar-refractivity contribution in [2.45, 2.75) is 0 Å². The summed E-state index contributed by atoms with van der Waals surface area (Å²) < 4.78 is 4.89. The van der Waals surface area contributed by atoms with Gasteiger partial charge in [0.05, 0.1) is 22.7 Å². The van der Waals surface area contributed by atoms with Crippen LogP contribution in [0.3, 0.4) is 0 Å². The predicted octanol–water partition coefficient (Wildman–Crippen LogP) is 4.03. The minimum Gasteiger partial charge on any atom is -0.495 e. The summed E-state index contributed by atoms with van der Waals surface area (Å²) in [5, 5.41) is -0.542. The Kier molecular flexibility index (Phi) is 3.90. The van der Waals surface area contributed by atoms with Gasteiger partial charge in [0, 0.05) is 6.07 Å². The Morgan fingerprint density at radius 2 is 1.86 bits per heavy atom. The number of hydrogen-bond acceptors (Lipinski definition) is 2. The maximum Gasteiger partial charge on any atom is 0.255 e. The van der Waals surface area contributed by atoms with Crippen molar-refractivity contribution < 1.29 is 9.53 Å². The summed E-state index contributed by atoms with van der Waals surface area (Å²) in [5.41, 5.74) is -0.0131. The van der Waals surface area contributed by atoms with Crippen LogP contribution >= 0.6 is 46.4 Å². The van der Waals surface area contributed by atoms with E-state index in [4.69, 9.17) is 51.1 Å². The third-order valence-corrected chi connectivity index (χ3v) is 2.88. The molecule has 14 heavy (non-hydrogen) atoms. The number of hydrogen-bond donors (Lipinski definition) is 0. The van der Waals surface area contributed by atoms with Crippen LogP contribution in [0.1, 0.15) is 10.4 Å². The standard InChI is InChI=1S/C8H4Cl4O2/c1-14-4-2-3(9)5(8(12)13)7(11)6(4)10/h2H,1H3. The minimum atomic E-state index is -0.760. The molecule has 0 bridgehead atoms. The molecule has 0 saturated heterocycles. The highest BCUT2D eigenvalue weighted by molar-refractivity contribution is 6.70. The van der Waals surface area contributed by atoms with E-state index in [-0.39, 0.29) is 20.6 Å². The molecule has 0 aliphatic carbocycles. The first kappa shape index (κ1) is 11.9. The molecular weight excluding hydrogens is 270 g/mol. The highest BCUT2D eigenvalue weighted by Crippen LogP contribution is 2.39. The van der Waals surface area contributed by atoms with E-state index in [0.717, 1.165) is 0 Å². The fourth-order valence-corrected chi connectivity index (χ4v) is 2.03. The van der Waals surface area contributed by atoms with Crippen molar-refractivity contribution in [3.05, 3.63) is 26.7 Å². The van der Waals surface area contributed by atoms with Crippen LogP contribution in [0.25, 0.3) is 0 Å². The first-order valence-corrected chi connectivity index (χ1v) is 4.91. The highest BCUT2D eigenvalue weighted by atomic mass is 35.5. The van der Waals surface area contributed by atoms with E-state index in [1.54, 1.807) is 0 Å². The fourth-order valence-electron chi connectivity index (χ4n) is 0.902. The van der Waals surface area contributed by atoms with E-state index in [0.29, 0.717) is 5.75 Å². The van der Waals surface area contributed by atoms with Crippen molar-refractivity contribution in [2.75, 3.05) is 7.11 Å². The SMILES string of the molecule is COc1cc(Cl)c(C(=O)Cl)c(Cl)c1Cl. The molecular formula is C8H4Cl4O2. The number of benzene rings is 1. The predicted molar refractivity (Wildman–Crippen MR) is 58.2 cm³/mol. The maximum atomic E-state index is 10.9. The summed E-state index contributed by atoms with van der Waals surface area (Å²) in [4.78, 5) is 10.9. The van der Waals surface area contributed by atoms with Gasteiger partial charge in [-0.3, -0.25) is 4.79 Å².